The van der Waals surface area contributed by atoms with Gasteiger partial charge in [-0.05, 0) is 30.4 Å². The molecule has 2 nitrogen and oxygen atoms in total. The van der Waals surface area contributed by atoms with Crippen LogP contribution in [-0.2, 0) is 10.2 Å². The fourth-order valence-corrected chi connectivity index (χ4v) is 3.04. The van der Waals surface area contributed by atoms with Crippen molar-refractivity contribution in [3.63, 3.8) is 0 Å². The largest absolute Gasteiger partial charge is 0.325 e. The SMILES string of the molecule is C[C@@H]1C=CCC[C@]12C(=O)Nc1ccccc12. The highest BCUT2D eigenvalue weighted by atomic mass is 16.2. The maximum absolute atomic E-state index is 12.3. The van der Waals surface area contributed by atoms with E-state index in [0.717, 1.165) is 18.5 Å². The Morgan fingerprint density at radius 2 is 2.19 bits per heavy atom. The molecule has 1 amide bonds. The molecule has 1 aliphatic heterocycles. The monoisotopic (exact) mass is 213 g/mol. The van der Waals surface area contributed by atoms with Crippen molar-refractivity contribution < 1.29 is 4.79 Å². The molecule has 1 aliphatic carbocycles. The van der Waals surface area contributed by atoms with E-state index in [-0.39, 0.29) is 17.2 Å². The van der Waals surface area contributed by atoms with Gasteiger partial charge >= 0.3 is 0 Å². The number of benzene rings is 1. The fourth-order valence-electron chi connectivity index (χ4n) is 3.04. The molecule has 1 aromatic rings. The number of amides is 1. The summed E-state index contributed by atoms with van der Waals surface area (Å²) in [4.78, 5) is 12.3. The van der Waals surface area contributed by atoms with Gasteiger partial charge in [-0.1, -0.05) is 37.3 Å². The average Bonchev–Trinajstić information content (AvgIpc) is 2.57. The first kappa shape index (κ1) is 9.64. The molecule has 82 valence electrons. The summed E-state index contributed by atoms with van der Waals surface area (Å²) in [7, 11) is 0. The van der Waals surface area contributed by atoms with Crippen LogP contribution in [0.15, 0.2) is 36.4 Å². The van der Waals surface area contributed by atoms with E-state index in [1.807, 2.05) is 18.2 Å². The third-order valence-electron chi connectivity index (χ3n) is 3.97. The van der Waals surface area contributed by atoms with Gasteiger partial charge in [0.15, 0.2) is 0 Å². The summed E-state index contributed by atoms with van der Waals surface area (Å²) in [6.45, 7) is 2.14. The normalized spacial score (nSPS) is 31.6. The Labute approximate surface area is 95.4 Å². The van der Waals surface area contributed by atoms with Gasteiger partial charge in [0.05, 0.1) is 5.41 Å². The minimum atomic E-state index is -0.314. The molecule has 3 rings (SSSR count). The van der Waals surface area contributed by atoms with Gasteiger partial charge in [0.1, 0.15) is 0 Å². The first-order chi connectivity index (χ1) is 7.75. The number of nitrogens with one attached hydrogen (secondary N) is 1. The standard InChI is InChI=1S/C14H15NO/c1-10-6-4-5-9-14(10)11-7-2-3-8-12(11)15-13(14)16/h2-4,6-8,10H,5,9H2,1H3,(H,15,16)/t10-,14+/m1/s1. The second-order valence-electron chi connectivity index (χ2n) is 4.73. The van der Waals surface area contributed by atoms with Crippen LogP contribution in [0.3, 0.4) is 0 Å². The van der Waals surface area contributed by atoms with Gasteiger partial charge in [-0.15, -0.1) is 0 Å². The maximum atomic E-state index is 12.3. The van der Waals surface area contributed by atoms with Crippen LogP contribution in [0, 0.1) is 5.92 Å². The maximum Gasteiger partial charge on any atom is 0.235 e. The van der Waals surface area contributed by atoms with E-state index in [1.165, 1.54) is 5.56 Å². The van der Waals surface area contributed by atoms with Crippen molar-refractivity contribution in [2.24, 2.45) is 5.92 Å². The molecule has 0 aromatic heterocycles. The van der Waals surface area contributed by atoms with Crippen molar-refractivity contribution in [3.05, 3.63) is 42.0 Å². The molecule has 0 bridgehead atoms. The Balaban J connectivity index is 2.20. The number of carbonyl (C=O) groups is 1. The third-order valence-corrected chi connectivity index (χ3v) is 3.97. The molecule has 0 saturated heterocycles. The quantitative estimate of drug-likeness (QED) is 0.660. The van der Waals surface area contributed by atoms with Crippen molar-refractivity contribution in [2.45, 2.75) is 25.2 Å². The summed E-state index contributed by atoms with van der Waals surface area (Å²) < 4.78 is 0. The zero-order valence-electron chi connectivity index (χ0n) is 9.36. The summed E-state index contributed by atoms with van der Waals surface area (Å²) in [5.74, 6) is 0.454. The lowest BCUT2D eigenvalue weighted by molar-refractivity contribution is -0.122. The molecule has 2 aliphatic rings. The van der Waals surface area contributed by atoms with Crippen LogP contribution in [0.2, 0.25) is 0 Å². The van der Waals surface area contributed by atoms with Crippen molar-refractivity contribution in [3.8, 4) is 0 Å². The van der Waals surface area contributed by atoms with Gasteiger partial charge < -0.3 is 5.32 Å². The number of hydrogen-bond acceptors (Lipinski definition) is 1. The van der Waals surface area contributed by atoms with E-state index in [4.69, 9.17) is 0 Å². The lowest BCUT2D eigenvalue weighted by Crippen LogP contribution is -2.41. The van der Waals surface area contributed by atoms with E-state index < -0.39 is 0 Å². The number of hydrogen-bond donors (Lipinski definition) is 1. The Kier molecular flexibility index (Phi) is 1.93. The van der Waals surface area contributed by atoms with Crippen molar-refractivity contribution >= 4 is 11.6 Å². The van der Waals surface area contributed by atoms with E-state index >= 15 is 0 Å². The van der Waals surface area contributed by atoms with Crippen LogP contribution < -0.4 is 5.32 Å². The molecule has 0 fully saturated rings. The molecule has 1 spiro atoms. The molecule has 0 radical (unpaired) electrons. The number of carbonyl (C=O) groups excluding carboxylic acids is 1. The summed E-state index contributed by atoms with van der Waals surface area (Å²) in [6, 6.07) is 8.07. The van der Waals surface area contributed by atoms with Crippen LogP contribution in [-0.4, -0.2) is 5.91 Å². The lowest BCUT2D eigenvalue weighted by atomic mass is 9.66. The second-order valence-corrected chi connectivity index (χ2v) is 4.73. The Bertz CT molecular complexity index is 477. The second kappa shape index (κ2) is 3.21. The van der Waals surface area contributed by atoms with Gasteiger partial charge in [0, 0.05) is 5.69 Å². The van der Waals surface area contributed by atoms with Gasteiger partial charge in [-0.25, -0.2) is 0 Å². The highest BCUT2D eigenvalue weighted by molar-refractivity contribution is 6.06. The van der Waals surface area contributed by atoms with E-state index in [0.29, 0.717) is 0 Å². The average molecular weight is 213 g/mol. The van der Waals surface area contributed by atoms with E-state index in [1.54, 1.807) is 0 Å². The molecule has 1 aromatic carbocycles. The van der Waals surface area contributed by atoms with Gasteiger partial charge in [-0.3, -0.25) is 4.79 Å². The van der Waals surface area contributed by atoms with Gasteiger partial charge in [0.2, 0.25) is 5.91 Å². The number of rotatable bonds is 0. The third kappa shape index (κ3) is 1.04. The van der Waals surface area contributed by atoms with E-state index in [9.17, 15) is 4.79 Å². The van der Waals surface area contributed by atoms with Gasteiger partial charge in [0.25, 0.3) is 0 Å². The Morgan fingerprint density at radius 3 is 3.00 bits per heavy atom. The zero-order chi connectivity index (χ0) is 11.2. The minimum Gasteiger partial charge on any atom is -0.325 e. The van der Waals surface area contributed by atoms with Crippen molar-refractivity contribution in [1.29, 1.82) is 0 Å². The van der Waals surface area contributed by atoms with Crippen LogP contribution in [0.5, 0.6) is 0 Å². The van der Waals surface area contributed by atoms with Crippen molar-refractivity contribution in [2.75, 3.05) is 5.32 Å². The van der Waals surface area contributed by atoms with Crippen molar-refractivity contribution in [1.82, 2.24) is 0 Å². The molecule has 2 heteroatoms. The minimum absolute atomic E-state index is 0.172. The number of anilines is 1. The number of para-hydroxylation sites is 1. The van der Waals surface area contributed by atoms with Crippen LogP contribution in [0.4, 0.5) is 5.69 Å². The summed E-state index contributed by atoms with van der Waals surface area (Å²) in [5, 5.41) is 3.02. The molecule has 16 heavy (non-hydrogen) atoms. The molecule has 0 unspecified atom stereocenters. The first-order valence-electron chi connectivity index (χ1n) is 5.83. The number of allylic oxidation sites excluding steroid dienone is 2. The molecular weight excluding hydrogens is 198 g/mol. The summed E-state index contributed by atoms with van der Waals surface area (Å²) >= 11 is 0. The molecule has 1 heterocycles. The highest BCUT2D eigenvalue weighted by Crippen LogP contribution is 2.48. The molecule has 0 saturated carbocycles. The van der Waals surface area contributed by atoms with E-state index in [2.05, 4.69) is 30.5 Å². The van der Waals surface area contributed by atoms with Gasteiger partial charge in [-0.2, -0.15) is 0 Å². The van der Waals surface area contributed by atoms with Crippen LogP contribution >= 0.6 is 0 Å². The highest BCUT2D eigenvalue weighted by Gasteiger charge is 2.49. The summed E-state index contributed by atoms with van der Waals surface area (Å²) in [5.41, 5.74) is 1.86. The molecular formula is C14H15NO. The fraction of sp³-hybridized carbons (Fsp3) is 0.357. The van der Waals surface area contributed by atoms with Crippen LogP contribution in [0.1, 0.15) is 25.3 Å². The molecule has 2 atom stereocenters. The Hall–Kier alpha value is -1.57. The Morgan fingerprint density at radius 1 is 1.38 bits per heavy atom. The summed E-state index contributed by atoms with van der Waals surface area (Å²) in [6.07, 6.45) is 6.27. The molecule has 1 N–H and O–H groups in total. The predicted molar refractivity (Wildman–Crippen MR) is 64.3 cm³/mol. The van der Waals surface area contributed by atoms with Crippen LogP contribution in [0.25, 0.3) is 0 Å². The topological polar surface area (TPSA) is 29.1 Å². The zero-order valence-corrected chi connectivity index (χ0v) is 9.36. The smallest absolute Gasteiger partial charge is 0.235 e. The lowest BCUT2D eigenvalue weighted by Gasteiger charge is -2.34. The first-order valence-corrected chi connectivity index (χ1v) is 5.83. The number of fused-ring (bicyclic) bond motifs is 2. The predicted octanol–water partition coefficient (Wildman–Crippen LogP) is 2.86.